The van der Waals surface area contributed by atoms with Crippen molar-refractivity contribution in [2.75, 3.05) is 7.11 Å². The summed E-state index contributed by atoms with van der Waals surface area (Å²) in [5.74, 6) is 6.80. The topological polar surface area (TPSA) is 47.3 Å². The van der Waals surface area contributed by atoms with Gasteiger partial charge in [0.05, 0.1) is 12.1 Å². The van der Waals surface area contributed by atoms with Crippen LogP contribution in [0.25, 0.3) is 0 Å². The van der Waals surface area contributed by atoms with Crippen molar-refractivity contribution >= 4 is 0 Å². The van der Waals surface area contributed by atoms with Crippen LogP contribution < -0.4 is 11.3 Å². The predicted octanol–water partition coefficient (Wildman–Crippen LogP) is 3.06. The van der Waals surface area contributed by atoms with Gasteiger partial charge in [0.25, 0.3) is 0 Å². The molecule has 0 heterocycles. The fourth-order valence-corrected chi connectivity index (χ4v) is 2.56. The van der Waals surface area contributed by atoms with Crippen molar-refractivity contribution in [2.24, 2.45) is 17.7 Å². The molecule has 1 rings (SSSR count). The van der Waals surface area contributed by atoms with Gasteiger partial charge in [-0.1, -0.05) is 52.0 Å². The summed E-state index contributed by atoms with van der Waals surface area (Å²) in [6.07, 6.45) is 1.16. The lowest BCUT2D eigenvalue weighted by atomic mass is 9.91. The van der Waals surface area contributed by atoms with Crippen LogP contribution in [-0.2, 0) is 11.2 Å². The average molecular weight is 264 g/mol. The summed E-state index contributed by atoms with van der Waals surface area (Å²) in [5, 5.41) is 0. The van der Waals surface area contributed by atoms with Crippen molar-refractivity contribution in [3.63, 3.8) is 0 Å². The summed E-state index contributed by atoms with van der Waals surface area (Å²) in [4.78, 5) is 0. The van der Waals surface area contributed by atoms with E-state index in [0.717, 1.165) is 6.42 Å². The minimum Gasteiger partial charge on any atom is -0.379 e. The van der Waals surface area contributed by atoms with Crippen molar-refractivity contribution in [3.8, 4) is 0 Å². The molecule has 2 unspecified atom stereocenters. The van der Waals surface area contributed by atoms with Gasteiger partial charge in [-0.25, -0.2) is 0 Å². The maximum Gasteiger partial charge on any atom is 0.0801 e. The summed E-state index contributed by atoms with van der Waals surface area (Å²) < 4.78 is 5.60. The Hall–Kier alpha value is -0.900. The molecule has 3 nitrogen and oxygen atoms in total. The zero-order valence-electron chi connectivity index (χ0n) is 12.8. The molecule has 0 aliphatic rings. The first-order chi connectivity index (χ1) is 8.99. The van der Waals surface area contributed by atoms with Crippen molar-refractivity contribution < 1.29 is 4.74 Å². The monoisotopic (exact) mass is 264 g/mol. The van der Waals surface area contributed by atoms with Crippen molar-refractivity contribution in [3.05, 3.63) is 35.4 Å². The molecular formula is C16H28N2O. The Morgan fingerprint density at radius 1 is 1.21 bits per heavy atom. The van der Waals surface area contributed by atoms with E-state index in [1.807, 2.05) is 0 Å². The van der Waals surface area contributed by atoms with E-state index in [1.165, 1.54) is 11.1 Å². The highest BCUT2D eigenvalue weighted by molar-refractivity contribution is 5.27. The molecular weight excluding hydrogens is 236 g/mol. The molecule has 1 aromatic carbocycles. The number of hydrogen-bond acceptors (Lipinski definition) is 3. The van der Waals surface area contributed by atoms with Gasteiger partial charge >= 0.3 is 0 Å². The molecule has 0 spiro atoms. The van der Waals surface area contributed by atoms with Crippen LogP contribution in [0.4, 0.5) is 0 Å². The first-order valence-electron chi connectivity index (χ1n) is 7.07. The molecule has 0 fully saturated rings. The third-order valence-electron chi connectivity index (χ3n) is 3.39. The van der Waals surface area contributed by atoms with Crippen LogP contribution in [-0.4, -0.2) is 13.2 Å². The lowest BCUT2D eigenvalue weighted by Crippen LogP contribution is -2.40. The molecule has 1 aromatic rings. The lowest BCUT2D eigenvalue weighted by molar-refractivity contribution is 0.0326. The number of benzene rings is 1. The number of rotatable bonds is 7. The Morgan fingerprint density at radius 2 is 1.89 bits per heavy atom. The second-order valence-corrected chi connectivity index (χ2v) is 5.93. The molecule has 0 aromatic heterocycles. The minimum atomic E-state index is 0.0251. The first-order valence-corrected chi connectivity index (χ1v) is 7.07. The predicted molar refractivity (Wildman–Crippen MR) is 80.7 cm³/mol. The van der Waals surface area contributed by atoms with E-state index in [9.17, 15) is 0 Å². The van der Waals surface area contributed by atoms with Crippen LogP contribution in [0, 0.1) is 11.8 Å². The quantitative estimate of drug-likeness (QED) is 0.588. The Bertz CT molecular complexity index is 377. The van der Waals surface area contributed by atoms with E-state index < -0.39 is 0 Å². The molecule has 0 aliphatic carbocycles. The van der Waals surface area contributed by atoms with Crippen LogP contribution in [0.1, 0.15) is 44.9 Å². The minimum absolute atomic E-state index is 0.0251. The summed E-state index contributed by atoms with van der Waals surface area (Å²) >= 11 is 0. The Balaban J connectivity index is 2.97. The van der Waals surface area contributed by atoms with Gasteiger partial charge in [0.2, 0.25) is 0 Å². The van der Waals surface area contributed by atoms with Crippen molar-refractivity contribution in [2.45, 2.75) is 46.3 Å². The zero-order chi connectivity index (χ0) is 14.4. The van der Waals surface area contributed by atoms with Crippen LogP contribution in [0.15, 0.2) is 24.3 Å². The fourth-order valence-electron chi connectivity index (χ4n) is 2.56. The van der Waals surface area contributed by atoms with Gasteiger partial charge in [0.1, 0.15) is 0 Å². The number of hydrazine groups is 1. The van der Waals surface area contributed by atoms with E-state index in [-0.39, 0.29) is 12.1 Å². The highest BCUT2D eigenvalue weighted by Gasteiger charge is 2.25. The van der Waals surface area contributed by atoms with E-state index in [2.05, 4.69) is 57.4 Å². The molecule has 3 heteroatoms. The van der Waals surface area contributed by atoms with Crippen LogP contribution in [0.5, 0.6) is 0 Å². The van der Waals surface area contributed by atoms with E-state index in [1.54, 1.807) is 7.11 Å². The van der Waals surface area contributed by atoms with Crippen molar-refractivity contribution in [1.82, 2.24) is 5.43 Å². The molecule has 2 atom stereocenters. The molecule has 0 bridgehead atoms. The second-order valence-electron chi connectivity index (χ2n) is 5.93. The summed E-state index contributed by atoms with van der Waals surface area (Å²) in [5.41, 5.74) is 5.45. The molecule has 0 radical (unpaired) electrons. The Labute approximate surface area is 117 Å². The van der Waals surface area contributed by atoms with Crippen LogP contribution >= 0.6 is 0 Å². The largest absolute Gasteiger partial charge is 0.379 e. The van der Waals surface area contributed by atoms with Gasteiger partial charge in [-0.05, 0) is 29.4 Å². The number of hydrogen-bond donors (Lipinski definition) is 2. The van der Waals surface area contributed by atoms with Crippen LogP contribution in [0.3, 0.4) is 0 Å². The summed E-state index contributed by atoms with van der Waals surface area (Å²) in [7, 11) is 1.74. The number of nitrogens with two attached hydrogens (primary N) is 1. The molecule has 0 saturated carbocycles. The van der Waals surface area contributed by atoms with E-state index >= 15 is 0 Å². The molecule has 108 valence electrons. The number of ether oxygens (including phenoxy) is 1. The molecule has 0 saturated heterocycles. The van der Waals surface area contributed by atoms with Crippen LogP contribution in [0.2, 0.25) is 0 Å². The van der Waals surface area contributed by atoms with Gasteiger partial charge in [-0.2, -0.15) is 0 Å². The molecule has 0 aliphatic heterocycles. The summed E-state index contributed by atoms with van der Waals surface area (Å²) in [6.45, 7) is 8.77. The van der Waals surface area contributed by atoms with Gasteiger partial charge in [-0.3, -0.25) is 11.3 Å². The third kappa shape index (κ3) is 4.60. The second kappa shape index (κ2) is 7.63. The lowest BCUT2D eigenvalue weighted by Gasteiger charge is -2.29. The van der Waals surface area contributed by atoms with E-state index in [4.69, 9.17) is 10.6 Å². The highest BCUT2D eigenvalue weighted by Crippen LogP contribution is 2.25. The molecule has 19 heavy (non-hydrogen) atoms. The SMILES string of the molecule is COC(C(C)C)C(NN)c1cccc(CC(C)C)c1. The normalized spacial score (nSPS) is 14.9. The standard InChI is InChI=1S/C16H28N2O/c1-11(2)9-13-7-6-8-14(10-13)15(18-17)16(19-5)12(3)4/h6-8,10-12,15-16,18H,9,17H2,1-5H3. The Kier molecular flexibility index (Phi) is 6.49. The smallest absolute Gasteiger partial charge is 0.0801 e. The molecule has 3 N–H and O–H groups in total. The van der Waals surface area contributed by atoms with Gasteiger partial charge < -0.3 is 4.74 Å². The van der Waals surface area contributed by atoms with E-state index in [0.29, 0.717) is 11.8 Å². The third-order valence-corrected chi connectivity index (χ3v) is 3.39. The van der Waals surface area contributed by atoms with Gasteiger partial charge in [-0.15, -0.1) is 0 Å². The maximum atomic E-state index is 5.74. The van der Waals surface area contributed by atoms with Gasteiger partial charge in [0.15, 0.2) is 0 Å². The highest BCUT2D eigenvalue weighted by atomic mass is 16.5. The van der Waals surface area contributed by atoms with Crippen molar-refractivity contribution in [1.29, 1.82) is 0 Å². The number of methoxy groups -OCH3 is 1. The molecule has 0 amide bonds. The average Bonchev–Trinajstić information content (AvgIpc) is 2.34. The first kappa shape index (κ1) is 16.2. The van der Waals surface area contributed by atoms with Gasteiger partial charge in [0, 0.05) is 7.11 Å². The number of nitrogens with one attached hydrogen (secondary N) is 1. The maximum absolute atomic E-state index is 5.74. The zero-order valence-corrected chi connectivity index (χ0v) is 12.8. The Morgan fingerprint density at radius 3 is 2.37 bits per heavy atom. The fraction of sp³-hybridized carbons (Fsp3) is 0.625. The summed E-state index contributed by atoms with van der Waals surface area (Å²) in [6, 6.07) is 8.65.